The average molecular weight is 312 g/mol. The molecule has 0 N–H and O–H groups in total. The van der Waals surface area contributed by atoms with Gasteiger partial charge in [-0.2, -0.15) is 0 Å². The molecular formula is C15H22BrNO. The van der Waals surface area contributed by atoms with Gasteiger partial charge >= 0.3 is 0 Å². The Kier molecular flexibility index (Phi) is 4.68. The number of rotatable bonds is 3. The van der Waals surface area contributed by atoms with Crippen molar-refractivity contribution in [2.24, 2.45) is 0 Å². The number of halogens is 1. The molecule has 18 heavy (non-hydrogen) atoms. The van der Waals surface area contributed by atoms with Gasteiger partial charge in [0, 0.05) is 13.1 Å². The van der Waals surface area contributed by atoms with Crippen LogP contribution in [-0.4, -0.2) is 31.6 Å². The summed E-state index contributed by atoms with van der Waals surface area (Å²) in [5.41, 5.74) is 2.92. The summed E-state index contributed by atoms with van der Waals surface area (Å²) in [4.78, 5) is 2.57. The predicted octanol–water partition coefficient (Wildman–Crippen LogP) is 3.83. The summed E-state index contributed by atoms with van der Waals surface area (Å²) in [6.45, 7) is 8.11. The normalized spacial score (nSPS) is 20.3. The third kappa shape index (κ3) is 2.89. The van der Waals surface area contributed by atoms with E-state index in [-0.39, 0.29) is 0 Å². The highest BCUT2D eigenvalue weighted by Crippen LogP contribution is 2.34. The summed E-state index contributed by atoms with van der Waals surface area (Å²) in [6, 6.07) is 4.44. The van der Waals surface area contributed by atoms with E-state index in [1.54, 1.807) is 7.11 Å². The molecule has 0 saturated carbocycles. The van der Waals surface area contributed by atoms with Crippen molar-refractivity contribution in [1.29, 1.82) is 0 Å². The van der Waals surface area contributed by atoms with Crippen LogP contribution in [-0.2, 0) is 6.42 Å². The Morgan fingerprint density at radius 2 is 2.22 bits per heavy atom. The van der Waals surface area contributed by atoms with E-state index in [9.17, 15) is 0 Å². The molecule has 1 aliphatic heterocycles. The monoisotopic (exact) mass is 311 g/mol. The summed E-state index contributed by atoms with van der Waals surface area (Å²) >= 11 is 3.60. The molecule has 1 heterocycles. The zero-order chi connectivity index (χ0) is 13.1. The molecule has 0 bridgehead atoms. The summed E-state index contributed by atoms with van der Waals surface area (Å²) < 4.78 is 6.47. The van der Waals surface area contributed by atoms with Crippen molar-refractivity contribution in [3.63, 3.8) is 0 Å². The standard InChI is InChI=1S/C15H22BrNO/c1-4-6-17-7-5-12-8-15(18-3)14(16)9-13(12)11(2)10-17/h8-9,11H,4-7,10H2,1-3H3/t11-/m1/s1. The second-order valence-electron chi connectivity index (χ2n) is 5.14. The van der Waals surface area contributed by atoms with Gasteiger partial charge in [-0.15, -0.1) is 0 Å². The van der Waals surface area contributed by atoms with Crippen molar-refractivity contribution in [1.82, 2.24) is 4.90 Å². The minimum Gasteiger partial charge on any atom is -0.496 e. The first-order valence-electron chi connectivity index (χ1n) is 6.74. The van der Waals surface area contributed by atoms with Gasteiger partial charge in [-0.05, 0) is 64.5 Å². The van der Waals surface area contributed by atoms with Gasteiger partial charge < -0.3 is 9.64 Å². The molecular weight excluding hydrogens is 290 g/mol. The average Bonchev–Trinajstić information content (AvgIpc) is 2.49. The van der Waals surface area contributed by atoms with E-state index in [0.29, 0.717) is 5.92 Å². The zero-order valence-corrected chi connectivity index (χ0v) is 13.1. The predicted molar refractivity (Wildman–Crippen MR) is 79.5 cm³/mol. The van der Waals surface area contributed by atoms with Crippen molar-refractivity contribution in [3.8, 4) is 5.75 Å². The molecule has 0 aliphatic carbocycles. The molecule has 100 valence electrons. The first-order chi connectivity index (χ1) is 8.65. The highest BCUT2D eigenvalue weighted by Gasteiger charge is 2.21. The lowest BCUT2D eigenvalue weighted by Gasteiger charge is -2.21. The lowest BCUT2D eigenvalue weighted by atomic mass is 9.95. The van der Waals surface area contributed by atoms with Gasteiger partial charge in [-0.25, -0.2) is 0 Å². The summed E-state index contributed by atoms with van der Waals surface area (Å²) in [7, 11) is 1.73. The first kappa shape index (κ1) is 13.9. The Bertz CT molecular complexity index is 419. The Morgan fingerprint density at radius 3 is 2.89 bits per heavy atom. The largest absolute Gasteiger partial charge is 0.496 e. The number of hydrogen-bond acceptors (Lipinski definition) is 2. The molecule has 3 heteroatoms. The second-order valence-corrected chi connectivity index (χ2v) is 5.99. The van der Waals surface area contributed by atoms with Crippen molar-refractivity contribution < 1.29 is 4.74 Å². The van der Waals surface area contributed by atoms with Gasteiger partial charge in [-0.1, -0.05) is 13.8 Å². The topological polar surface area (TPSA) is 12.5 Å². The molecule has 0 fully saturated rings. The van der Waals surface area contributed by atoms with Crippen molar-refractivity contribution in [3.05, 3.63) is 27.7 Å². The van der Waals surface area contributed by atoms with Gasteiger partial charge in [0.1, 0.15) is 5.75 Å². The fourth-order valence-corrected chi connectivity index (χ4v) is 3.34. The summed E-state index contributed by atoms with van der Waals surface area (Å²) in [5, 5.41) is 0. The molecule has 2 rings (SSSR count). The van der Waals surface area contributed by atoms with E-state index in [0.717, 1.165) is 23.2 Å². The van der Waals surface area contributed by atoms with Crippen molar-refractivity contribution >= 4 is 15.9 Å². The molecule has 1 aliphatic rings. The fourth-order valence-electron chi connectivity index (χ4n) is 2.82. The van der Waals surface area contributed by atoms with Crippen LogP contribution in [0.15, 0.2) is 16.6 Å². The highest BCUT2D eigenvalue weighted by molar-refractivity contribution is 9.10. The van der Waals surface area contributed by atoms with Gasteiger partial charge in [0.05, 0.1) is 11.6 Å². The van der Waals surface area contributed by atoms with Crippen LogP contribution in [0.1, 0.15) is 37.3 Å². The molecule has 2 nitrogen and oxygen atoms in total. The molecule has 0 unspecified atom stereocenters. The molecule has 0 saturated heterocycles. The maximum Gasteiger partial charge on any atom is 0.133 e. The fraction of sp³-hybridized carbons (Fsp3) is 0.600. The Balaban J connectivity index is 2.29. The van der Waals surface area contributed by atoms with E-state index < -0.39 is 0 Å². The van der Waals surface area contributed by atoms with E-state index in [4.69, 9.17) is 4.74 Å². The van der Waals surface area contributed by atoms with Gasteiger partial charge in [0.25, 0.3) is 0 Å². The molecule has 1 aromatic carbocycles. The number of hydrogen-bond donors (Lipinski definition) is 0. The number of fused-ring (bicyclic) bond motifs is 1. The number of ether oxygens (including phenoxy) is 1. The number of benzene rings is 1. The quantitative estimate of drug-likeness (QED) is 0.841. The van der Waals surface area contributed by atoms with Gasteiger partial charge in [0.2, 0.25) is 0 Å². The smallest absolute Gasteiger partial charge is 0.133 e. The van der Waals surface area contributed by atoms with Crippen LogP contribution in [0.25, 0.3) is 0 Å². The number of methoxy groups -OCH3 is 1. The first-order valence-corrected chi connectivity index (χ1v) is 7.53. The Labute approximate surface area is 118 Å². The second kappa shape index (κ2) is 6.07. The summed E-state index contributed by atoms with van der Waals surface area (Å²) in [6.07, 6.45) is 2.36. The van der Waals surface area contributed by atoms with Gasteiger partial charge in [0.15, 0.2) is 0 Å². The SMILES string of the molecule is CCCN1CCc2cc(OC)c(Br)cc2[C@H](C)C1. The van der Waals surface area contributed by atoms with Crippen molar-refractivity contribution in [2.45, 2.75) is 32.6 Å². The van der Waals surface area contributed by atoms with Crippen LogP contribution in [0.3, 0.4) is 0 Å². The summed E-state index contributed by atoms with van der Waals surface area (Å²) in [5.74, 6) is 1.54. The van der Waals surface area contributed by atoms with E-state index in [1.165, 1.54) is 30.6 Å². The highest BCUT2D eigenvalue weighted by atomic mass is 79.9. The van der Waals surface area contributed by atoms with Crippen LogP contribution in [0, 0.1) is 0 Å². The lowest BCUT2D eigenvalue weighted by Crippen LogP contribution is -2.28. The zero-order valence-electron chi connectivity index (χ0n) is 11.5. The molecule has 1 aromatic rings. The van der Waals surface area contributed by atoms with Crippen molar-refractivity contribution in [2.75, 3.05) is 26.7 Å². The Morgan fingerprint density at radius 1 is 1.44 bits per heavy atom. The molecule has 0 amide bonds. The van der Waals surface area contributed by atoms with Gasteiger partial charge in [-0.3, -0.25) is 0 Å². The van der Waals surface area contributed by atoms with E-state index in [2.05, 4.69) is 46.8 Å². The minimum absolute atomic E-state index is 0.594. The third-order valence-electron chi connectivity index (χ3n) is 3.71. The molecule has 1 atom stereocenters. The lowest BCUT2D eigenvalue weighted by molar-refractivity contribution is 0.273. The van der Waals surface area contributed by atoms with Crippen LogP contribution < -0.4 is 4.74 Å². The van der Waals surface area contributed by atoms with Crippen LogP contribution >= 0.6 is 15.9 Å². The minimum atomic E-state index is 0.594. The van der Waals surface area contributed by atoms with E-state index in [1.807, 2.05) is 0 Å². The molecule has 0 aromatic heterocycles. The van der Waals surface area contributed by atoms with Crippen LogP contribution in [0.4, 0.5) is 0 Å². The van der Waals surface area contributed by atoms with E-state index >= 15 is 0 Å². The Hall–Kier alpha value is -0.540. The maximum absolute atomic E-state index is 5.40. The molecule has 0 spiro atoms. The van der Waals surface area contributed by atoms with Crippen LogP contribution in [0.2, 0.25) is 0 Å². The molecule has 0 radical (unpaired) electrons. The maximum atomic E-state index is 5.40. The van der Waals surface area contributed by atoms with Crippen LogP contribution in [0.5, 0.6) is 5.75 Å². The number of nitrogens with zero attached hydrogens (tertiary/aromatic N) is 1. The third-order valence-corrected chi connectivity index (χ3v) is 4.33.